The zero-order chi connectivity index (χ0) is 17.2. The minimum atomic E-state index is -4.68. The number of benzene rings is 2. The van der Waals surface area contributed by atoms with E-state index < -0.39 is 11.7 Å². The Labute approximate surface area is 140 Å². The highest BCUT2D eigenvalue weighted by Crippen LogP contribution is 2.41. The van der Waals surface area contributed by atoms with Gasteiger partial charge in [0.2, 0.25) is 0 Å². The van der Waals surface area contributed by atoms with Crippen LogP contribution in [0.3, 0.4) is 0 Å². The van der Waals surface area contributed by atoms with Gasteiger partial charge in [-0.1, -0.05) is 29.8 Å². The van der Waals surface area contributed by atoms with Gasteiger partial charge in [0.15, 0.2) is 11.3 Å². The molecule has 120 valence electrons. The van der Waals surface area contributed by atoms with Crippen molar-refractivity contribution in [2.75, 3.05) is 7.11 Å². The van der Waals surface area contributed by atoms with Gasteiger partial charge in [-0.2, -0.15) is 13.2 Å². The standard InChI is InChI=1S/C16H10ClF3O2S/c1-22-15(23)12-5-3-2-4-11(12)14-9(8-21)6-10(17)7-13(14)16(18,19)20/h2-8H,1H3. The van der Waals surface area contributed by atoms with Crippen molar-refractivity contribution in [2.45, 2.75) is 6.18 Å². The maximum atomic E-state index is 13.4. The fourth-order valence-electron chi connectivity index (χ4n) is 2.23. The number of halogens is 4. The maximum Gasteiger partial charge on any atom is 0.417 e. The van der Waals surface area contributed by atoms with E-state index >= 15 is 0 Å². The summed E-state index contributed by atoms with van der Waals surface area (Å²) in [5, 5.41) is -0.143. The van der Waals surface area contributed by atoms with E-state index in [-0.39, 0.29) is 26.8 Å². The minimum Gasteiger partial charge on any atom is -0.486 e. The van der Waals surface area contributed by atoms with Crippen LogP contribution >= 0.6 is 23.8 Å². The summed E-state index contributed by atoms with van der Waals surface area (Å²) < 4.78 is 45.2. The molecule has 2 aromatic rings. The first-order valence-electron chi connectivity index (χ1n) is 6.33. The second kappa shape index (κ2) is 6.68. The average Bonchev–Trinajstić information content (AvgIpc) is 2.52. The largest absolute Gasteiger partial charge is 0.486 e. The number of hydrogen-bond donors (Lipinski definition) is 0. The van der Waals surface area contributed by atoms with Gasteiger partial charge in [0.1, 0.15) is 0 Å². The fraction of sp³-hybridized carbons (Fsp3) is 0.125. The van der Waals surface area contributed by atoms with Crippen LogP contribution in [-0.4, -0.2) is 18.4 Å². The number of hydrogen-bond acceptors (Lipinski definition) is 3. The van der Waals surface area contributed by atoms with Crippen molar-refractivity contribution in [3.63, 3.8) is 0 Å². The number of thiocarbonyl (C=S) groups is 1. The topological polar surface area (TPSA) is 26.3 Å². The molecular formula is C16H10ClF3O2S. The van der Waals surface area contributed by atoms with Crippen molar-refractivity contribution in [3.05, 3.63) is 58.1 Å². The van der Waals surface area contributed by atoms with Crippen molar-refractivity contribution >= 4 is 35.2 Å². The molecule has 2 aromatic carbocycles. The van der Waals surface area contributed by atoms with Gasteiger partial charge in [0, 0.05) is 21.7 Å². The summed E-state index contributed by atoms with van der Waals surface area (Å²) in [6.45, 7) is 0. The van der Waals surface area contributed by atoms with Crippen molar-refractivity contribution in [3.8, 4) is 11.1 Å². The molecular weight excluding hydrogens is 349 g/mol. The second-order valence-electron chi connectivity index (χ2n) is 4.57. The second-order valence-corrected chi connectivity index (χ2v) is 5.38. The summed E-state index contributed by atoms with van der Waals surface area (Å²) in [7, 11) is 1.33. The average molecular weight is 359 g/mol. The molecule has 0 aromatic heterocycles. The number of aldehydes is 1. The molecule has 0 amide bonds. The van der Waals surface area contributed by atoms with E-state index in [9.17, 15) is 18.0 Å². The molecule has 0 saturated heterocycles. The summed E-state index contributed by atoms with van der Waals surface area (Å²) >= 11 is 10.7. The quantitative estimate of drug-likeness (QED) is 0.560. The SMILES string of the molecule is COC(=S)c1ccccc1-c1c(C=O)cc(Cl)cc1C(F)(F)F. The Morgan fingerprint density at radius 1 is 1.26 bits per heavy atom. The molecule has 0 atom stereocenters. The number of carbonyl (C=O) groups is 1. The lowest BCUT2D eigenvalue weighted by atomic mass is 9.91. The van der Waals surface area contributed by atoms with Crippen LogP contribution in [0.4, 0.5) is 13.2 Å². The number of carbonyl (C=O) groups excluding carboxylic acids is 1. The van der Waals surface area contributed by atoms with Crippen molar-refractivity contribution < 1.29 is 22.7 Å². The van der Waals surface area contributed by atoms with Crippen molar-refractivity contribution in [2.24, 2.45) is 0 Å². The number of ether oxygens (including phenoxy) is 1. The van der Waals surface area contributed by atoms with E-state index in [1.165, 1.54) is 25.3 Å². The molecule has 2 nitrogen and oxygen atoms in total. The van der Waals surface area contributed by atoms with Gasteiger partial charge in [-0.25, -0.2) is 0 Å². The van der Waals surface area contributed by atoms with E-state index in [2.05, 4.69) is 0 Å². The van der Waals surface area contributed by atoms with E-state index in [1.54, 1.807) is 12.1 Å². The Balaban J connectivity index is 2.88. The lowest BCUT2D eigenvalue weighted by molar-refractivity contribution is -0.137. The van der Waals surface area contributed by atoms with Gasteiger partial charge in [-0.15, -0.1) is 0 Å². The lowest BCUT2D eigenvalue weighted by Crippen LogP contribution is -2.11. The van der Waals surface area contributed by atoms with Gasteiger partial charge >= 0.3 is 6.18 Å². The van der Waals surface area contributed by atoms with E-state index in [0.717, 1.165) is 6.07 Å². The monoisotopic (exact) mass is 358 g/mol. The third-order valence-electron chi connectivity index (χ3n) is 3.17. The molecule has 2 rings (SSSR count). The van der Waals surface area contributed by atoms with Crippen LogP contribution in [0.15, 0.2) is 36.4 Å². The number of alkyl halides is 3. The molecule has 0 unspecified atom stereocenters. The third kappa shape index (κ3) is 3.54. The summed E-state index contributed by atoms with van der Waals surface area (Å²) in [5.74, 6) is 0. The molecule has 0 heterocycles. The Hall–Kier alpha value is -1.92. The molecule has 0 N–H and O–H groups in total. The van der Waals surface area contributed by atoms with Crippen molar-refractivity contribution in [1.82, 2.24) is 0 Å². The predicted octanol–water partition coefficient (Wildman–Crippen LogP) is 5.16. The van der Waals surface area contributed by atoms with Crippen LogP contribution < -0.4 is 0 Å². The summed E-state index contributed by atoms with van der Waals surface area (Å²) in [6.07, 6.45) is -4.34. The third-order valence-corrected chi connectivity index (χ3v) is 3.77. The zero-order valence-corrected chi connectivity index (χ0v) is 13.4. The molecule has 0 aliphatic rings. The highest BCUT2D eigenvalue weighted by atomic mass is 35.5. The molecule has 7 heteroatoms. The zero-order valence-electron chi connectivity index (χ0n) is 11.8. The Kier molecular flexibility index (Phi) is 5.06. The van der Waals surface area contributed by atoms with Crippen molar-refractivity contribution in [1.29, 1.82) is 0 Å². The highest BCUT2D eigenvalue weighted by Gasteiger charge is 2.36. The molecule has 0 spiro atoms. The lowest BCUT2D eigenvalue weighted by Gasteiger charge is -2.18. The Morgan fingerprint density at radius 3 is 2.48 bits per heavy atom. The van der Waals surface area contributed by atoms with Crippen LogP contribution in [0.1, 0.15) is 21.5 Å². The molecule has 0 aliphatic carbocycles. The first kappa shape index (κ1) is 17.4. The van der Waals surface area contributed by atoms with E-state index in [0.29, 0.717) is 11.8 Å². The summed E-state index contributed by atoms with van der Waals surface area (Å²) in [6, 6.07) is 8.13. The highest BCUT2D eigenvalue weighted by molar-refractivity contribution is 7.80. The maximum absolute atomic E-state index is 13.4. The Bertz CT molecular complexity index is 772. The van der Waals surface area contributed by atoms with Crippen LogP contribution in [0.2, 0.25) is 5.02 Å². The first-order valence-corrected chi connectivity index (χ1v) is 7.12. The van der Waals surface area contributed by atoms with E-state index in [4.69, 9.17) is 28.6 Å². The molecule has 0 saturated carbocycles. The molecule has 0 aliphatic heterocycles. The minimum absolute atomic E-state index is 0.0283. The normalized spacial score (nSPS) is 11.2. The predicted molar refractivity (Wildman–Crippen MR) is 86.0 cm³/mol. The summed E-state index contributed by atoms with van der Waals surface area (Å²) in [4.78, 5) is 11.3. The van der Waals surface area contributed by atoms with Gasteiger partial charge in [-0.3, -0.25) is 4.79 Å². The van der Waals surface area contributed by atoms with Gasteiger partial charge in [0.05, 0.1) is 12.7 Å². The molecule has 0 radical (unpaired) electrons. The van der Waals surface area contributed by atoms with Gasteiger partial charge < -0.3 is 4.74 Å². The van der Waals surface area contributed by atoms with Crippen LogP contribution in [0.25, 0.3) is 11.1 Å². The molecule has 0 bridgehead atoms. The summed E-state index contributed by atoms with van der Waals surface area (Å²) in [5.41, 5.74) is -0.993. The number of rotatable bonds is 3. The van der Waals surface area contributed by atoms with Gasteiger partial charge in [-0.05, 0) is 36.0 Å². The van der Waals surface area contributed by atoms with Crippen LogP contribution in [0.5, 0.6) is 0 Å². The Morgan fingerprint density at radius 2 is 1.91 bits per heavy atom. The van der Waals surface area contributed by atoms with Crippen LogP contribution in [-0.2, 0) is 10.9 Å². The number of methoxy groups -OCH3 is 1. The van der Waals surface area contributed by atoms with E-state index in [1.807, 2.05) is 0 Å². The van der Waals surface area contributed by atoms with Crippen LogP contribution in [0, 0.1) is 0 Å². The smallest absolute Gasteiger partial charge is 0.417 e. The molecule has 0 fully saturated rings. The van der Waals surface area contributed by atoms with Gasteiger partial charge in [0.25, 0.3) is 0 Å². The molecule has 23 heavy (non-hydrogen) atoms. The fourth-order valence-corrected chi connectivity index (χ4v) is 2.64. The first-order chi connectivity index (χ1) is 10.8.